The molecule has 7 heteroatoms. The number of carbonyl (C=O) groups is 3. The number of hydrogen-bond acceptors (Lipinski definition) is 4. The summed E-state index contributed by atoms with van der Waals surface area (Å²) in [6.07, 6.45) is 0.0614. The molecule has 0 fully saturated rings. The number of amides is 3. The molecular weight excluding hydrogens is 236 g/mol. The highest BCUT2D eigenvalue weighted by atomic mass is 35.5. The van der Waals surface area contributed by atoms with Crippen LogP contribution in [-0.2, 0) is 14.3 Å². The van der Waals surface area contributed by atoms with Gasteiger partial charge < -0.3 is 10.1 Å². The lowest BCUT2D eigenvalue weighted by Crippen LogP contribution is -2.42. The van der Waals surface area contributed by atoms with Crippen molar-refractivity contribution in [1.29, 1.82) is 0 Å². The Morgan fingerprint density at radius 3 is 2.50 bits per heavy atom. The van der Waals surface area contributed by atoms with Gasteiger partial charge in [-0.25, -0.2) is 4.79 Å². The first-order valence-electron chi connectivity index (χ1n) is 4.85. The monoisotopic (exact) mass is 250 g/mol. The average Bonchev–Trinajstić information content (AvgIpc) is 2.17. The van der Waals surface area contributed by atoms with Crippen LogP contribution in [0.5, 0.6) is 0 Å². The lowest BCUT2D eigenvalue weighted by atomic mass is 10.4. The molecule has 1 unspecified atom stereocenters. The fourth-order valence-corrected chi connectivity index (χ4v) is 0.821. The van der Waals surface area contributed by atoms with E-state index in [1.807, 2.05) is 5.32 Å². The number of nitrogens with one attached hydrogen (secondary N) is 2. The van der Waals surface area contributed by atoms with Crippen LogP contribution in [0.1, 0.15) is 20.3 Å². The third-order valence-corrected chi connectivity index (χ3v) is 1.72. The first-order valence-corrected chi connectivity index (χ1v) is 5.29. The van der Waals surface area contributed by atoms with Crippen LogP contribution in [-0.4, -0.2) is 36.4 Å². The Hall–Kier alpha value is -1.30. The second-order valence-corrected chi connectivity index (χ2v) is 3.57. The molecule has 0 radical (unpaired) electrons. The SMILES string of the molecule is CCOC(=O)CCNC(=O)NC(=O)C(C)Cl. The van der Waals surface area contributed by atoms with Crippen LogP contribution >= 0.6 is 11.6 Å². The molecule has 3 amide bonds. The number of halogens is 1. The molecule has 6 nitrogen and oxygen atoms in total. The van der Waals surface area contributed by atoms with Crippen molar-refractivity contribution < 1.29 is 19.1 Å². The summed E-state index contributed by atoms with van der Waals surface area (Å²) in [6.45, 7) is 3.54. The molecule has 92 valence electrons. The molecule has 0 aromatic heterocycles. The van der Waals surface area contributed by atoms with Crippen molar-refractivity contribution in [2.75, 3.05) is 13.2 Å². The highest BCUT2D eigenvalue weighted by Crippen LogP contribution is 1.91. The molecule has 2 N–H and O–H groups in total. The van der Waals surface area contributed by atoms with Crippen molar-refractivity contribution in [3.63, 3.8) is 0 Å². The summed E-state index contributed by atoms with van der Waals surface area (Å²) in [7, 11) is 0. The molecule has 0 bridgehead atoms. The van der Waals surface area contributed by atoms with Gasteiger partial charge in [0, 0.05) is 6.54 Å². The second-order valence-electron chi connectivity index (χ2n) is 2.92. The fourth-order valence-electron chi connectivity index (χ4n) is 0.767. The predicted octanol–water partition coefficient (Wildman–Crippen LogP) is 0.393. The number of esters is 1. The van der Waals surface area contributed by atoms with Crippen LogP contribution in [0, 0.1) is 0 Å². The Balaban J connectivity index is 3.66. The maximum Gasteiger partial charge on any atom is 0.321 e. The van der Waals surface area contributed by atoms with E-state index < -0.39 is 23.3 Å². The van der Waals surface area contributed by atoms with Crippen molar-refractivity contribution in [3.8, 4) is 0 Å². The lowest BCUT2D eigenvalue weighted by Gasteiger charge is -2.07. The van der Waals surface area contributed by atoms with Gasteiger partial charge in [-0.2, -0.15) is 0 Å². The minimum atomic E-state index is -0.782. The number of imide groups is 1. The zero-order valence-electron chi connectivity index (χ0n) is 9.21. The number of rotatable bonds is 5. The summed E-state index contributed by atoms with van der Waals surface area (Å²) in [6, 6.07) is -0.679. The van der Waals surface area contributed by atoms with Crippen molar-refractivity contribution in [2.24, 2.45) is 0 Å². The van der Waals surface area contributed by atoms with Crippen molar-refractivity contribution in [2.45, 2.75) is 25.6 Å². The fraction of sp³-hybridized carbons (Fsp3) is 0.667. The Labute approximate surface area is 98.7 Å². The molecule has 0 rings (SSSR count). The van der Waals surface area contributed by atoms with E-state index in [0.717, 1.165) is 0 Å². The van der Waals surface area contributed by atoms with E-state index >= 15 is 0 Å². The second kappa shape index (κ2) is 7.92. The van der Waals surface area contributed by atoms with E-state index in [4.69, 9.17) is 11.6 Å². The molecule has 16 heavy (non-hydrogen) atoms. The normalized spacial score (nSPS) is 11.4. The molecule has 0 heterocycles. The van der Waals surface area contributed by atoms with Crippen LogP contribution < -0.4 is 10.6 Å². The zero-order chi connectivity index (χ0) is 12.6. The minimum Gasteiger partial charge on any atom is -0.466 e. The van der Waals surface area contributed by atoms with E-state index in [0.29, 0.717) is 6.61 Å². The molecule has 1 atom stereocenters. The highest BCUT2D eigenvalue weighted by Gasteiger charge is 2.12. The van der Waals surface area contributed by atoms with Crippen molar-refractivity contribution >= 4 is 29.5 Å². The van der Waals surface area contributed by atoms with Crippen molar-refractivity contribution in [3.05, 3.63) is 0 Å². The average molecular weight is 251 g/mol. The van der Waals surface area contributed by atoms with E-state index in [9.17, 15) is 14.4 Å². The summed E-state index contributed by atoms with van der Waals surface area (Å²) in [5.74, 6) is -0.991. The van der Waals surface area contributed by atoms with Crippen molar-refractivity contribution in [1.82, 2.24) is 10.6 Å². The summed E-state index contributed by atoms with van der Waals surface area (Å²) >= 11 is 5.43. The first kappa shape index (κ1) is 14.7. The molecule has 0 spiro atoms. The third-order valence-electron chi connectivity index (χ3n) is 1.52. The molecule has 0 aromatic carbocycles. The van der Waals surface area contributed by atoms with Crippen LogP contribution in [0.2, 0.25) is 0 Å². The van der Waals surface area contributed by atoms with Gasteiger partial charge in [0.1, 0.15) is 5.38 Å². The van der Waals surface area contributed by atoms with Gasteiger partial charge in [0.05, 0.1) is 13.0 Å². The van der Waals surface area contributed by atoms with Gasteiger partial charge in [0.2, 0.25) is 5.91 Å². The molecule has 0 saturated heterocycles. The standard InChI is InChI=1S/C9H15ClN2O4/c1-3-16-7(13)4-5-11-9(15)12-8(14)6(2)10/h6H,3-5H2,1-2H3,(H2,11,12,14,15). The Morgan fingerprint density at radius 2 is 2.00 bits per heavy atom. The summed E-state index contributed by atoms with van der Waals surface area (Å²) in [5.41, 5.74) is 0. The smallest absolute Gasteiger partial charge is 0.321 e. The Bertz CT molecular complexity index is 268. The van der Waals surface area contributed by atoms with E-state index in [1.165, 1.54) is 6.92 Å². The molecule has 0 saturated carbocycles. The number of alkyl halides is 1. The summed E-state index contributed by atoms with van der Waals surface area (Å²) < 4.78 is 4.64. The molecular formula is C9H15ClN2O4. The summed E-state index contributed by atoms with van der Waals surface area (Å²) in [4.78, 5) is 32.9. The Kier molecular flexibility index (Phi) is 7.28. The third kappa shape index (κ3) is 7.05. The van der Waals surface area contributed by atoms with Gasteiger partial charge in [-0.1, -0.05) is 0 Å². The largest absolute Gasteiger partial charge is 0.466 e. The van der Waals surface area contributed by atoms with Gasteiger partial charge in [0.25, 0.3) is 0 Å². The maximum absolute atomic E-state index is 11.0. The van der Waals surface area contributed by atoms with E-state index in [1.54, 1.807) is 6.92 Å². The number of carbonyl (C=O) groups excluding carboxylic acids is 3. The first-order chi connectivity index (χ1) is 7.47. The van der Waals surface area contributed by atoms with Crippen LogP contribution in [0.15, 0.2) is 0 Å². The zero-order valence-corrected chi connectivity index (χ0v) is 9.97. The van der Waals surface area contributed by atoms with Crippen LogP contribution in [0.25, 0.3) is 0 Å². The molecule has 0 aliphatic carbocycles. The van der Waals surface area contributed by atoms with Gasteiger partial charge in [0.15, 0.2) is 0 Å². The molecule has 0 aromatic rings. The Morgan fingerprint density at radius 1 is 1.38 bits per heavy atom. The number of hydrogen-bond donors (Lipinski definition) is 2. The maximum atomic E-state index is 11.0. The minimum absolute atomic E-state index is 0.0614. The van der Waals surface area contributed by atoms with Gasteiger partial charge in [-0.15, -0.1) is 11.6 Å². The van der Waals surface area contributed by atoms with E-state index in [2.05, 4.69) is 10.1 Å². The van der Waals surface area contributed by atoms with Crippen LogP contribution in [0.4, 0.5) is 4.79 Å². The molecule has 0 aliphatic heterocycles. The van der Waals surface area contributed by atoms with Crippen LogP contribution in [0.3, 0.4) is 0 Å². The van der Waals surface area contributed by atoms with Gasteiger partial charge in [-0.05, 0) is 13.8 Å². The highest BCUT2D eigenvalue weighted by molar-refractivity contribution is 6.31. The topological polar surface area (TPSA) is 84.5 Å². The molecule has 0 aliphatic rings. The van der Waals surface area contributed by atoms with E-state index in [-0.39, 0.29) is 13.0 Å². The number of ether oxygens (including phenoxy) is 1. The quantitative estimate of drug-likeness (QED) is 0.546. The summed E-state index contributed by atoms with van der Waals surface area (Å²) in [5, 5.41) is 3.56. The van der Waals surface area contributed by atoms with Gasteiger partial charge in [-0.3, -0.25) is 14.9 Å². The number of urea groups is 1. The predicted molar refractivity (Wildman–Crippen MR) is 58.1 cm³/mol. The van der Waals surface area contributed by atoms with Gasteiger partial charge >= 0.3 is 12.0 Å². The lowest BCUT2D eigenvalue weighted by molar-refractivity contribution is -0.142.